The van der Waals surface area contributed by atoms with E-state index in [0.717, 1.165) is 12.0 Å². The minimum atomic E-state index is -0.353. The van der Waals surface area contributed by atoms with E-state index in [1.165, 1.54) is 11.6 Å². The molecule has 1 unspecified atom stereocenters. The summed E-state index contributed by atoms with van der Waals surface area (Å²) in [5.41, 5.74) is 2.10. The minimum Gasteiger partial charge on any atom is -0.316 e. The van der Waals surface area contributed by atoms with Crippen molar-refractivity contribution in [3.63, 3.8) is 0 Å². The predicted octanol–water partition coefficient (Wildman–Crippen LogP) is 3.85. The van der Waals surface area contributed by atoms with Crippen molar-refractivity contribution in [2.45, 2.75) is 18.9 Å². The molecule has 0 amide bonds. The molecule has 2 aromatic carbocycles. The maximum atomic E-state index is 13.4. The monoisotopic (exact) mass is 277 g/mol. The second-order valence-corrected chi connectivity index (χ2v) is 4.97. The van der Waals surface area contributed by atoms with Gasteiger partial charge < -0.3 is 5.32 Å². The van der Waals surface area contributed by atoms with Gasteiger partial charge in [-0.3, -0.25) is 0 Å². The Hall–Kier alpha value is -1.38. The lowest BCUT2D eigenvalue weighted by Gasteiger charge is -2.17. The van der Waals surface area contributed by atoms with Crippen molar-refractivity contribution in [1.29, 1.82) is 0 Å². The first-order chi connectivity index (χ1) is 9.20. The van der Waals surface area contributed by atoms with Crippen LogP contribution in [-0.4, -0.2) is 13.1 Å². The number of hydrogen-bond donors (Lipinski definition) is 1. The fourth-order valence-electron chi connectivity index (χ4n) is 2.15. The summed E-state index contributed by atoms with van der Waals surface area (Å²) in [6.07, 6.45) is 1.60. The molecule has 0 bridgehead atoms. The molecule has 0 fully saturated rings. The molecule has 0 aliphatic carbocycles. The Labute approximate surface area is 118 Å². The summed E-state index contributed by atoms with van der Waals surface area (Å²) in [6.45, 7) is 0. The van der Waals surface area contributed by atoms with Gasteiger partial charge in [0.05, 0.1) is 5.02 Å². The molecule has 0 heterocycles. The van der Waals surface area contributed by atoms with Crippen molar-refractivity contribution < 1.29 is 4.39 Å². The van der Waals surface area contributed by atoms with Crippen LogP contribution in [0.25, 0.3) is 0 Å². The number of halogens is 2. The molecule has 1 N–H and O–H groups in total. The zero-order valence-electron chi connectivity index (χ0n) is 10.9. The van der Waals surface area contributed by atoms with E-state index in [0.29, 0.717) is 6.42 Å². The van der Waals surface area contributed by atoms with Gasteiger partial charge in [-0.1, -0.05) is 54.1 Å². The average Bonchev–Trinajstić information content (AvgIpc) is 2.44. The average molecular weight is 278 g/mol. The molecule has 2 rings (SSSR count). The predicted molar refractivity (Wildman–Crippen MR) is 78.1 cm³/mol. The van der Waals surface area contributed by atoms with Gasteiger partial charge in [-0.15, -0.1) is 0 Å². The van der Waals surface area contributed by atoms with Gasteiger partial charge in [0.2, 0.25) is 0 Å². The summed E-state index contributed by atoms with van der Waals surface area (Å²) >= 11 is 5.99. The van der Waals surface area contributed by atoms with Crippen molar-refractivity contribution in [3.05, 3.63) is 70.5 Å². The second kappa shape index (κ2) is 6.69. The molecule has 0 aliphatic rings. The Morgan fingerprint density at radius 2 is 1.79 bits per heavy atom. The molecule has 1 nitrogen and oxygen atoms in total. The van der Waals surface area contributed by atoms with Crippen LogP contribution in [0.5, 0.6) is 0 Å². The van der Waals surface area contributed by atoms with Gasteiger partial charge in [0, 0.05) is 6.04 Å². The van der Waals surface area contributed by atoms with Crippen LogP contribution in [0.3, 0.4) is 0 Å². The van der Waals surface area contributed by atoms with Gasteiger partial charge in [0.1, 0.15) is 5.82 Å². The molecule has 100 valence electrons. The van der Waals surface area contributed by atoms with Crippen LogP contribution in [0.2, 0.25) is 5.02 Å². The Balaban J connectivity index is 2.09. The number of likely N-dealkylation sites (N-methyl/N-ethyl adjacent to an activating group) is 1. The van der Waals surface area contributed by atoms with Gasteiger partial charge in [-0.25, -0.2) is 4.39 Å². The van der Waals surface area contributed by atoms with Crippen LogP contribution in [0.4, 0.5) is 4.39 Å². The van der Waals surface area contributed by atoms with E-state index in [4.69, 9.17) is 11.6 Å². The molecule has 1 atom stereocenters. The van der Waals surface area contributed by atoms with E-state index in [-0.39, 0.29) is 16.9 Å². The molecule has 0 aliphatic heterocycles. The molecular formula is C16H17ClFN. The number of rotatable bonds is 5. The quantitative estimate of drug-likeness (QED) is 0.875. The fourth-order valence-corrected chi connectivity index (χ4v) is 2.35. The third-order valence-corrected chi connectivity index (χ3v) is 3.65. The van der Waals surface area contributed by atoms with Gasteiger partial charge in [0.15, 0.2) is 0 Å². The van der Waals surface area contributed by atoms with Crippen molar-refractivity contribution in [1.82, 2.24) is 5.32 Å². The fraction of sp³-hybridized carbons (Fsp3) is 0.250. The maximum Gasteiger partial charge on any atom is 0.142 e. The Morgan fingerprint density at radius 3 is 2.47 bits per heavy atom. The van der Waals surface area contributed by atoms with Crippen LogP contribution in [-0.2, 0) is 12.8 Å². The third-order valence-electron chi connectivity index (χ3n) is 3.23. The first kappa shape index (κ1) is 14.0. The highest BCUT2D eigenvalue weighted by Gasteiger charge is 2.12. The maximum absolute atomic E-state index is 13.4. The van der Waals surface area contributed by atoms with Crippen LogP contribution in [0.15, 0.2) is 48.5 Å². The Morgan fingerprint density at radius 1 is 1.05 bits per heavy atom. The Kier molecular flexibility index (Phi) is 4.94. The standard InChI is InChI=1S/C16H17ClFN/c1-19-14(10-12-6-3-2-4-7-12)11-13-8-5-9-15(18)16(13)17/h2-9,14,19H,10-11H2,1H3. The molecule has 0 radical (unpaired) electrons. The van der Waals surface area contributed by atoms with E-state index in [2.05, 4.69) is 17.4 Å². The van der Waals surface area contributed by atoms with E-state index in [1.807, 2.05) is 31.3 Å². The summed E-state index contributed by atoms with van der Waals surface area (Å²) in [5.74, 6) is -0.353. The highest BCUT2D eigenvalue weighted by atomic mass is 35.5. The molecule has 19 heavy (non-hydrogen) atoms. The van der Waals surface area contributed by atoms with E-state index in [1.54, 1.807) is 6.07 Å². The molecular weight excluding hydrogens is 261 g/mol. The van der Waals surface area contributed by atoms with E-state index in [9.17, 15) is 4.39 Å². The summed E-state index contributed by atoms with van der Waals surface area (Å²) in [6, 6.07) is 15.4. The van der Waals surface area contributed by atoms with Gasteiger partial charge >= 0.3 is 0 Å². The Bertz CT molecular complexity index is 528. The van der Waals surface area contributed by atoms with Crippen molar-refractivity contribution in [2.75, 3.05) is 7.05 Å². The number of hydrogen-bond acceptors (Lipinski definition) is 1. The molecule has 0 saturated carbocycles. The van der Waals surface area contributed by atoms with Gasteiger partial charge in [-0.2, -0.15) is 0 Å². The van der Waals surface area contributed by atoms with E-state index >= 15 is 0 Å². The largest absolute Gasteiger partial charge is 0.316 e. The third kappa shape index (κ3) is 3.79. The van der Waals surface area contributed by atoms with Crippen LogP contribution in [0.1, 0.15) is 11.1 Å². The highest BCUT2D eigenvalue weighted by molar-refractivity contribution is 6.31. The van der Waals surface area contributed by atoms with Crippen molar-refractivity contribution >= 4 is 11.6 Å². The number of benzene rings is 2. The van der Waals surface area contributed by atoms with Crippen molar-refractivity contribution in [3.8, 4) is 0 Å². The molecule has 3 heteroatoms. The van der Waals surface area contributed by atoms with Crippen molar-refractivity contribution in [2.24, 2.45) is 0 Å². The smallest absolute Gasteiger partial charge is 0.142 e. The van der Waals surface area contributed by atoms with Crippen LogP contribution < -0.4 is 5.32 Å². The van der Waals surface area contributed by atoms with Gasteiger partial charge in [0.25, 0.3) is 0 Å². The summed E-state index contributed by atoms with van der Waals surface area (Å²) in [7, 11) is 1.92. The normalized spacial score (nSPS) is 12.4. The van der Waals surface area contributed by atoms with Crippen LogP contribution in [0, 0.1) is 5.82 Å². The SMILES string of the molecule is CNC(Cc1ccccc1)Cc1cccc(F)c1Cl. The molecule has 0 aromatic heterocycles. The molecule has 0 saturated heterocycles. The lowest BCUT2D eigenvalue weighted by Crippen LogP contribution is -2.30. The minimum absolute atomic E-state index is 0.232. The van der Waals surface area contributed by atoms with Gasteiger partial charge in [-0.05, 0) is 37.1 Å². The number of nitrogens with one attached hydrogen (secondary N) is 1. The molecule has 2 aromatic rings. The summed E-state index contributed by atoms with van der Waals surface area (Å²) in [5, 5.41) is 3.50. The summed E-state index contributed by atoms with van der Waals surface area (Å²) in [4.78, 5) is 0. The topological polar surface area (TPSA) is 12.0 Å². The zero-order chi connectivity index (χ0) is 13.7. The lowest BCUT2D eigenvalue weighted by atomic mass is 9.99. The molecule has 0 spiro atoms. The lowest BCUT2D eigenvalue weighted by molar-refractivity contribution is 0.553. The first-order valence-corrected chi connectivity index (χ1v) is 6.72. The van der Waals surface area contributed by atoms with E-state index < -0.39 is 0 Å². The summed E-state index contributed by atoms with van der Waals surface area (Å²) < 4.78 is 13.4. The zero-order valence-corrected chi connectivity index (χ0v) is 11.6. The highest BCUT2D eigenvalue weighted by Crippen LogP contribution is 2.21. The first-order valence-electron chi connectivity index (χ1n) is 6.34. The van der Waals surface area contributed by atoms with Crippen LogP contribution >= 0.6 is 11.6 Å². The second-order valence-electron chi connectivity index (χ2n) is 4.59.